The first-order valence-corrected chi connectivity index (χ1v) is 14.0. The lowest BCUT2D eigenvalue weighted by molar-refractivity contribution is 0.159. The lowest BCUT2D eigenvalue weighted by atomic mass is 10.0. The molecule has 178 valence electrons. The molecule has 0 bridgehead atoms. The van der Waals surface area contributed by atoms with Crippen LogP contribution < -0.4 is 0 Å². The number of rotatable bonds is 22. The largest absolute Gasteiger partial charge is 0.359 e. The third kappa shape index (κ3) is 14.4. The Morgan fingerprint density at radius 3 is 1.37 bits per heavy atom. The molecule has 0 saturated carbocycles. The quantitative estimate of drug-likeness (QED) is 0.161. The molecule has 0 amide bonds. The smallest absolute Gasteiger partial charge is 0.100 e. The van der Waals surface area contributed by atoms with E-state index in [2.05, 4.69) is 43.1 Å². The molecule has 1 atom stereocenters. The monoisotopic (exact) mass is 420 g/mol. The minimum Gasteiger partial charge on any atom is -0.359 e. The van der Waals surface area contributed by atoms with Crippen LogP contribution >= 0.6 is 0 Å². The highest BCUT2D eigenvalue weighted by molar-refractivity contribution is 4.95. The average Bonchev–Trinajstić information content (AvgIpc) is 3.10. The summed E-state index contributed by atoms with van der Waals surface area (Å²) >= 11 is 0. The lowest BCUT2D eigenvalue weighted by Crippen LogP contribution is -2.37. The van der Waals surface area contributed by atoms with Crippen molar-refractivity contribution >= 4 is 0 Å². The van der Waals surface area contributed by atoms with Gasteiger partial charge in [0.25, 0.3) is 0 Å². The van der Waals surface area contributed by atoms with Crippen LogP contribution in [-0.4, -0.2) is 29.6 Å². The van der Waals surface area contributed by atoms with Crippen molar-refractivity contribution < 1.29 is 0 Å². The predicted molar refractivity (Wildman–Crippen MR) is 136 cm³/mol. The zero-order valence-corrected chi connectivity index (χ0v) is 21.2. The van der Waals surface area contributed by atoms with E-state index in [9.17, 15) is 0 Å². The zero-order chi connectivity index (χ0) is 21.7. The minimum atomic E-state index is 0.623. The summed E-state index contributed by atoms with van der Waals surface area (Å²) in [6.07, 6.45) is 35.2. The molecule has 2 heteroatoms. The van der Waals surface area contributed by atoms with Crippen molar-refractivity contribution in [1.82, 2.24) is 9.80 Å². The van der Waals surface area contributed by atoms with Gasteiger partial charge in [-0.3, -0.25) is 0 Å². The van der Waals surface area contributed by atoms with Gasteiger partial charge in [-0.05, 0) is 19.3 Å². The summed E-state index contributed by atoms with van der Waals surface area (Å²) < 4.78 is 0. The number of hydrogen-bond donors (Lipinski definition) is 0. The van der Waals surface area contributed by atoms with E-state index in [0.29, 0.717) is 6.17 Å². The van der Waals surface area contributed by atoms with Gasteiger partial charge in [0, 0.05) is 26.0 Å². The van der Waals surface area contributed by atoms with Crippen molar-refractivity contribution in [3.63, 3.8) is 0 Å². The second-order valence-corrected chi connectivity index (χ2v) is 9.83. The van der Waals surface area contributed by atoms with Gasteiger partial charge in [-0.2, -0.15) is 0 Å². The summed E-state index contributed by atoms with van der Waals surface area (Å²) in [5, 5.41) is 0. The van der Waals surface area contributed by atoms with Gasteiger partial charge >= 0.3 is 0 Å². The van der Waals surface area contributed by atoms with E-state index in [1.807, 2.05) is 0 Å². The van der Waals surface area contributed by atoms with Crippen molar-refractivity contribution in [2.45, 2.75) is 155 Å². The molecule has 30 heavy (non-hydrogen) atoms. The van der Waals surface area contributed by atoms with Crippen LogP contribution in [0.3, 0.4) is 0 Å². The van der Waals surface area contributed by atoms with E-state index >= 15 is 0 Å². The maximum absolute atomic E-state index is 2.61. The first-order valence-electron chi connectivity index (χ1n) is 14.0. The van der Waals surface area contributed by atoms with E-state index in [0.717, 1.165) is 0 Å². The van der Waals surface area contributed by atoms with E-state index in [1.54, 1.807) is 0 Å². The summed E-state index contributed by atoms with van der Waals surface area (Å²) in [7, 11) is 2.26. The van der Waals surface area contributed by atoms with E-state index in [4.69, 9.17) is 0 Å². The lowest BCUT2D eigenvalue weighted by Gasteiger charge is -2.30. The fraction of sp³-hybridized carbons (Fsp3) is 0.929. The van der Waals surface area contributed by atoms with Gasteiger partial charge in [0.2, 0.25) is 0 Å². The average molecular weight is 421 g/mol. The molecule has 0 radical (unpaired) electrons. The number of unbranched alkanes of at least 4 members (excludes halogenated alkanes) is 18. The van der Waals surface area contributed by atoms with Crippen LogP contribution in [0.5, 0.6) is 0 Å². The van der Waals surface area contributed by atoms with Gasteiger partial charge < -0.3 is 9.80 Å². The summed E-state index contributed by atoms with van der Waals surface area (Å²) in [6.45, 7) is 5.85. The molecule has 0 aliphatic carbocycles. The van der Waals surface area contributed by atoms with E-state index < -0.39 is 0 Å². The van der Waals surface area contributed by atoms with E-state index in [-0.39, 0.29) is 0 Å². The molecule has 0 aromatic carbocycles. The molecule has 0 spiro atoms. The Labute approximate surface area is 190 Å². The maximum Gasteiger partial charge on any atom is 0.100 e. The van der Waals surface area contributed by atoms with Gasteiger partial charge in [-0.1, -0.05) is 129 Å². The van der Waals surface area contributed by atoms with Gasteiger partial charge in [0.1, 0.15) is 6.17 Å². The van der Waals surface area contributed by atoms with Crippen molar-refractivity contribution in [1.29, 1.82) is 0 Å². The van der Waals surface area contributed by atoms with Gasteiger partial charge in [-0.15, -0.1) is 0 Å². The molecule has 1 rings (SSSR count). The van der Waals surface area contributed by atoms with Crippen LogP contribution in [0, 0.1) is 0 Å². The van der Waals surface area contributed by atoms with Gasteiger partial charge in [0.05, 0.1) is 0 Å². The molecular formula is C28H56N2. The molecule has 0 aromatic heterocycles. The fourth-order valence-corrected chi connectivity index (χ4v) is 4.81. The molecule has 0 aromatic rings. The second kappa shape index (κ2) is 20.3. The Kier molecular flexibility index (Phi) is 18.5. The van der Waals surface area contributed by atoms with Crippen LogP contribution in [0.25, 0.3) is 0 Å². The van der Waals surface area contributed by atoms with Gasteiger partial charge in [-0.25, -0.2) is 0 Å². The molecule has 0 saturated heterocycles. The first-order chi connectivity index (χ1) is 14.8. The molecule has 0 N–H and O–H groups in total. The third-order valence-electron chi connectivity index (χ3n) is 6.93. The number of nitrogens with zero attached hydrogens (tertiary/aromatic N) is 2. The van der Waals surface area contributed by atoms with Crippen molar-refractivity contribution in [2.24, 2.45) is 0 Å². The molecule has 1 heterocycles. The first kappa shape index (κ1) is 27.4. The summed E-state index contributed by atoms with van der Waals surface area (Å²) in [5.74, 6) is 0. The molecule has 0 fully saturated rings. The molecule has 2 nitrogen and oxygen atoms in total. The Morgan fingerprint density at radius 2 is 0.900 bits per heavy atom. The summed E-state index contributed by atoms with van der Waals surface area (Å²) in [6, 6.07) is 0. The summed E-state index contributed by atoms with van der Waals surface area (Å²) in [5.41, 5.74) is 0. The van der Waals surface area contributed by atoms with Crippen molar-refractivity contribution in [3.8, 4) is 0 Å². The summed E-state index contributed by atoms with van der Waals surface area (Å²) in [4.78, 5) is 5.04. The maximum atomic E-state index is 2.61. The van der Waals surface area contributed by atoms with Crippen LogP contribution in [0.1, 0.15) is 149 Å². The highest BCUT2D eigenvalue weighted by Crippen LogP contribution is 2.21. The highest BCUT2D eigenvalue weighted by atomic mass is 15.4. The SMILES string of the molecule is CCCCCCCCCCCCCN1C=CN(C)C1CCCCCCCCCCC. The minimum absolute atomic E-state index is 0.623. The van der Waals surface area contributed by atoms with Crippen LogP contribution in [0.4, 0.5) is 0 Å². The molecule has 1 aliphatic heterocycles. The van der Waals surface area contributed by atoms with Gasteiger partial charge in [0.15, 0.2) is 0 Å². The van der Waals surface area contributed by atoms with E-state index in [1.165, 1.54) is 141 Å². The normalized spacial score (nSPS) is 16.2. The Balaban J connectivity index is 1.95. The zero-order valence-electron chi connectivity index (χ0n) is 21.2. The van der Waals surface area contributed by atoms with Crippen LogP contribution in [0.15, 0.2) is 12.4 Å². The standard InChI is InChI=1S/C28H56N2/c1-4-6-8-10-12-14-15-17-19-21-23-25-30-27-26-29(3)28(30)24-22-20-18-16-13-11-9-7-5-2/h26-28H,4-25H2,1-3H3. The molecular weight excluding hydrogens is 364 g/mol. The fourth-order valence-electron chi connectivity index (χ4n) is 4.81. The number of hydrogen-bond acceptors (Lipinski definition) is 2. The Hall–Kier alpha value is -0.660. The van der Waals surface area contributed by atoms with Crippen LogP contribution in [0.2, 0.25) is 0 Å². The third-order valence-corrected chi connectivity index (χ3v) is 6.93. The Morgan fingerprint density at radius 1 is 0.500 bits per heavy atom. The highest BCUT2D eigenvalue weighted by Gasteiger charge is 2.22. The van der Waals surface area contributed by atoms with Crippen LogP contribution in [-0.2, 0) is 0 Å². The topological polar surface area (TPSA) is 6.48 Å². The van der Waals surface area contributed by atoms with Crippen molar-refractivity contribution in [3.05, 3.63) is 12.4 Å². The molecule has 1 unspecified atom stereocenters. The Bertz CT molecular complexity index is 379. The van der Waals surface area contributed by atoms with Crippen molar-refractivity contribution in [2.75, 3.05) is 13.6 Å². The molecule has 1 aliphatic rings. The predicted octanol–water partition coefficient (Wildman–Crippen LogP) is 9.26. The second-order valence-electron chi connectivity index (χ2n) is 9.83.